The van der Waals surface area contributed by atoms with Crippen molar-refractivity contribution in [3.63, 3.8) is 0 Å². The zero-order valence-corrected chi connectivity index (χ0v) is 16.6. The van der Waals surface area contributed by atoms with E-state index in [9.17, 15) is 25.2 Å². The van der Waals surface area contributed by atoms with E-state index < -0.39 is 23.8 Å². The van der Waals surface area contributed by atoms with Gasteiger partial charge >= 0.3 is 0 Å². The summed E-state index contributed by atoms with van der Waals surface area (Å²) in [5, 5.41) is 39.4. The van der Waals surface area contributed by atoms with E-state index in [2.05, 4.69) is 0 Å². The van der Waals surface area contributed by atoms with Crippen LogP contribution in [0.1, 0.15) is 53.4 Å². The van der Waals surface area contributed by atoms with Crippen molar-refractivity contribution >= 4 is 5.78 Å². The molecule has 0 radical (unpaired) electrons. The molecule has 27 heavy (non-hydrogen) atoms. The van der Waals surface area contributed by atoms with Crippen LogP contribution in [0.15, 0.2) is 47.5 Å². The van der Waals surface area contributed by atoms with E-state index in [1.807, 2.05) is 45.1 Å². The number of hydrogen-bond donors (Lipinski definition) is 4. The van der Waals surface area contributed by atoms with Crippen LogP contribution in [0.3, 0.4) is 0 Å². The van der Waals surface area contributed by atoms with Crippen LogP contribution in [0.2, 0.25) is 0 Å². The van der Waals surface area contributed by atoms with Crippen molar-refractivity contribution in [2.24, 2.45) is 5.92 Å². The minimum absolute atomic E-state index is 0.0446. The lowest BCUT2D eigenvalue weighted by Gasteiger charge is -2.25. The highest BCUT2D eigenvalue weighted by atomic mass is 16.6. The number of ether oxygens (including phenoxy) is 1. The van der Waals surface area contributed by atoms with E-state index in [-0.39, 0.29) is 18.1 Å². The molecule has 0 saturated carbocycles. The highest BCUT2D eigenvalue weighted by Gasteiger charge is 2.47. The van der Waals surface area contributed by atoms with E-state index in [4.69, 9.17) is 4.74 Å². The van der Waals surface area contributed by atoms with Crippen LogP contribution in [-0.2, 0) is 9.53 Å². The summed E-state index contributed by atoms with van der Waals surface area (Å²) in [6.07, 6.45) is 8.55. The minimum Gasteiger partial charge on any atom is -0.512 e. The Balaban J connectivity index is 2.39. The molecule has 1 aliphatic rings. The lowest BCUT2D eigenvalue weighted by Crippen LogP contribution is -2.46. The number of rotatable bonds is 10. The third kappa shape index (κ3) is 6.65. The summed E-state index contributed by atoms with van der Waals surface area (Å²) in [5.41, 5.74) is 0.976. The molecule has 0 aromatic rings. The molecule has 6 heteroatoms. The first-order valence-corrected chi connectivity index (χ1v) is 9.36. The van der Waals surface area contributed by atoms with Gasteiger partial charge < -0.3 is 25.2 Å². The van der Waals surface area contributed by atoms with Crippen LogP contribution >= 0.6 is 0 Å². The molecule has 0 amide bonds. The van der Waals surface area contributed by atoms with Crippen LogP contribution in [0.4, 0.5) is 0 Å². The summed E-state index contributed by atoms with van der Waals surface area (Å²) >= 11 is 0. The normalized spacial score (nSPS) is 24.7. The lowest BCUT2D eigenvalue weighted by atomic mass is 10.0. The average Bonchev–Trinajstić information content (AvgIpc) is 2.91. The van der Waals surface area contributed by atoms with Gasteiger partial charge in [-0.25, -0.2) is 0 Å². The highest BCUT2D eigenvalue weighted by Crippen LogP contribution is 2.29. The Morgan fingerprint density at radius 1 is 1.30 bits per heavy atom. The molecule has 4 N–H and O–H groups in total. The SMILES string of the molecule is CC/C(C)=C(\O)C(C)/C=C/C=C/CCC(O)CC1=CC(=O)C(O)(C(C)O)O1. The van der Waals surface area contributed by atoms with E-state index in [0.717, 1.165) is 18.1 Å². The van der Waals surface area contributed by atoms with Gasteiger partial charge in [-0.05, 0) is 38.7 Å². The van der Waals surface area contributed by atoms with Gasteiger partial charge in [0.2, 0.25) is 5.78 Å². The monoisotopic (exact) mass is 380 g/mol. The molecule has 1 aliphatic heterocycles. The maximum atomic E-state index is 11.7. The van der Waals surface area contributed by atoms with Crippen molar-refractivity contribution in [3.05, 3.63) is 47.5 Å². The van der Waals surface area contributed by atoms with Crippen molar-refractivity contribution in [1.82, 2.24) is 0 Å². The van der Waals surface area contributed by atoms with Crippen molar-refractivity contribution < 1.29 is 30.0 Å². The maximum absolute atomic E-state index is 11.7. The van der Waals surface area contributed by atoms with Crippen LogP contribution in [-0.4, -0.2) is 44.2 Å². The molecular formula is C21H32O6. The first-order valence-electron chi connectivity index (χ1n) is 9.36. The second kappa shape index (κ2) is 10.4. The molecule has 0 bridgehead atoms. The predicted octanol–water partition coefficient (Wildman–Crippen LogP) is 3.06. The summed E-state index contributed by atoms with van der Waals surface area (Å²) in [6.45, 7) is 7.10. The van der Waals surface area contributed by atoms with Crippen LogP contribution in [0, 0.1) is 5.92 Å². The Kier molecular flexibility index (Phi) is 8.96. The summed E-state index contributed by atoms with van der Waals surface area (Å²) in [5.74, 6) is -2.44. The molecule has 6 nitrogen and oxygen atoms in total. The van der Waals surface area contributed by atoms with Gasteiger partial charge in [0.05, 0.1) is 11.9 Å². The molecule has 1 heterocycles. The molecule has 0 saturated heterocycles. The summed E-state index contributed by atoms with van der Waals surface area (Å²) < 4.78 is 5.12. The lowest BCUT2D eigenvalue weighted by molar-refractivity contribution is -0.213. The van der Waals surface area contributed by atoms with E-state index in [0.29, 0.717) is 18.6 Å². The maximum Gasteiger partial charge on any atom is 0.297 e. The van der Waals surface area contributed by atoms with E-state index in [1.165, 1.54) is 6.92 Å². The van der Waals surface area contributed by atoms with E-state index in [1.54, 1.807) is 0 Å². The van der Waals surface area contributed by atoms with Gasteiger partial charge in [0, 0.05) is 18.4 Å². The molecule has 0 aliphatic carbocycles. The third-order valence-corrected chi connectivity index (χ3v) is 4.65. The first-order chi connectivity index (χ1) is 12.6. The predicted molar refractivity (Wildman–Crippen MR) is 104 cm³/mol. The molecular weight excluding hydrogens is 348 g/mol. The summed E-state index contributed by atoms with van der Waals surface area (Å²) in [6, 6.07) is 0. The zero-order valence-electron chi connectivity index (χ0n) is 16.6. The standard InChI is InChI=1S/C21H32O6/c1-5-14(2)20(25)15(3)10-8-6-7-9-11-17(23)12-18-13-19(24)21(26,27-18)16(4)22/h6-8,10,13,15-17,22-23,25-26H,5,9,11-12H2,1-4H3/b7-6+,10-8+,20-14-. The molecule has 152 valence electrons. The van der Waals surface area contributed by atoms with E-state index >= 15 is 0 Å². The van der Waals surface area contributed by atoms with Crippen molar-refractivity contribution in [3.8, 4) is 0 Å². The average molecular weight is 380 g/mol. The molecule has 1 rings (SSSR count). The fraction of sp³-hybridized carbons (Fsp3) is 0.571. The van der Waals surface area contributed by atoms with Gasteiger partial charge in [0.25, 0.3) is 5.79 Å². The largest absolute Gasteiger partial charge is 0.512 e. The number of ketones is 1. The minimum atomic E-state index is -2.24. The van der Waals surface area contributed by atoms with Crippen molar-refractivity contribution in [2.75, 3.05) is 0 Å². The number of aliphatic hydroxyl groups is 4. The number of allylic oxidation sites excluding steroid dienone is 5. The molecule has 0 spiro atoms. The Labute approximate surface area is 161 Å². The molecule has 4 unspecified atom stereocenters. The van der Waals surface area contributed by atoms with Crippen LogP contribution in [0.25, 0.3) is 0 Å². The molecule has 0 fully saturated rings. The van der Waals surface area contributed by atoms with Gasteiger partial charge in [-0.1, -0.05) is 38.2 Å². The second-order valence-corrected chi connectivity index (χ2v) is 7.01. The second-order valence-electron chi connectivity index (χ2n) is 7.01. The fourth-order valence-electron chi connectivity index (χ4n) is 2.61. The number of carbonyl (C=O) groups is 1. The quantitative estimate of drug-likeness (QED) is 0.343. The number of hydrogen-bond acceptors (Lipinski definition) is 6. The van der Waals surface area contributed by atoms with Crippen LogP contribution < -0.4 is 0 Å². The summed E-state index contributed by atoms with van der Waals surface area (Å²) in [7, 11) is 0. The number of carbonyl (C=O) groups excluding carboxylic acids is 1. The van der Waals surface area contributed by atoms with Gasteiger partial charge in [0.1, 0.15) is 11.9 Å². The van der Waals surface area contributed by atoms with Crippen molar-refractivity contribution in [1.29, 1.82) is 0 Å². The smallest absolute Gasteiger partial charge is 0.297 e. The van der Waals surface area contributed by atoms with Gasteiger partial charge in [-0.3, -0.25) is 4.79 Å². The molecule has 0 aromatic heterocycles. The van der Waals surface area contributed by atoms with Gasteiger partial charge in [-0.15, -0.1) is 0 Å². The molecule has 4 atom stereocenters. The van der Waals surface area contributed by atoms with Gasteiger partial charge in [-0.2, -0.15) is 0 Å². The first kappa shape index (κ1) is 23.1. The molecule has 0 aromatic carbocycles. The number of aliphatic hydroxyl groups excluding tert-OH is 3. The van der Waals surface area contributed by atoms with Crippen molar-refractivity contribution in [2.45, 2.75) is 71.4 Å². The summed E-state index contributed by atoms with van der Waals surface area (Å²) in [4.78, 5) is 11.7. The highest BCUT2D eigenvalue weighted by molar-refractivity contribution is 5.98. The fourth-order valence-corrected chi connectivity index (χ4v) is 2.61. The Morgan fingerprint density at radius 2 is 1.96 bits per heavy atom. The zero-order chi connectivity index (χ0) is 20.6. The van der Waals surface area contributed by atoms with Gasteiger partial charge in [0.15, 0.2) is 0 Å². The van der Waals surface area contributed by atoms with Crippen LogP contribution in [0.5, 0.6) is 0 Å². The Morgan fingerprint density at radius 3 is 2.52 bits per heavy atom. The topological polar surface area (TPSA) is 107 Å². The Hall–Kier alpha value is -1.89. The Bertz CT molecular complexity index is 629. The third-order valence-electron chi connectivity index (χ3n) is 4.65.